The molecule has 0 saturated carbocycles. The van der Waals surface area contributed by atoms with E-state index in [-0.39, 0.29) is 50.0 Å². The summed E-state index contributed by atoms with van der Waals surface area (Å²) in [5.74, 6) is -0.517. The Labute approximate surface area is 189 Å². The van der Waals surface area contributed by atoms with Crippen LogP contribution in [0.25, 0.3) is 5.69 Å². The maximum Gasteiger partial charge on any atom is 0.256 e. The number of hydrogen-bond acceptors (Lipinski definition) is 5. The predicted molar refractivity (Wildman–Crippen MR) is 123 cm³/mol. The fourth-order valence-corrected chi connectivity index (χ4v) is 9.10. The number of sulfone groups is 1. The Kier molecular flexibility index (Phi) is 5.98. The molecule has 0 aliphatic carbocycles. The minimum Gasteiger partial charge on any atom is -0.336 e. The van der Waals surface area contributed by atoms with Gasteiger partial charge in [0.05, 0.1) is 28.0 Å². The van der Waals surface area contributed by atoms with Crippen LogP contribution in [0.15, 0.2) is 30.3 Å². The van der Waals surface area contributed by atoms with E-state index in [0.717, 1.165) is 22.6 Å². The quantitative estimate of drug-likeness (QED) is 0.665. The molecule has 2 fully saturated rings. The molecule has 0 N–H and O–H groups in total. The van der Waals surface area contributed by atoms with E-state index < -0.39 is 25.1 Å². The minimum atomic E-state index is -3.70. The van der Waals surface area contributed by atoms with E-state index in [0.29, 0.717) is 5.56 Å². The summed E-state index contributed by atoms with van der Waals surface area (Å²) in [6.07, 6.45) is 0.145. The second kappa shape index (κ2) is 8.31. The number of carbonyl (C=O) groups excluding carboxylic acids is 1. The van der Waals surface area contributed by atoms with Crippen LogP contribution in [-0.2, 0) is 19.9 Å². The lowest BCUT2D eigenvalue weighted by atomic mass is 10.1. The zero-order chi connectivity index (χ0) is 23.3. The van der Waals surface area contributed by atoms with E-state index in [1.807, 2.05) is 55.7 Å². The number of rotatable bonds is 4. The monoisotopic (exact) mass is 479 g/mol. The van der Waals surface area contributed by atoms with Crippen LogP contribution in [-0.4, -0.2) is 79.4 Å². The van der Waals surface area contributed by atoms with Crippen molar-refractivity contribution in [3.05, 3.63) is 52.8 Å². The minimum absolute atomic E-state index is 0.0797. The maximum atomic E-state index is 13.5. The van der Waals surface area contributed by atoms with Gasteiger partial charge in [0.1, 0.15) is 0 Å². The highest BCUT2D eigenvalue weighted by Crippen LogP contribution is 2.26. The highest BCUT2D eigenvalue weighted by Gasteiger charge is 2.41. The van der Waals surface area contributed by atoms with Crippen molar-refractivity contribution < 1.29 is 21.6 Å². The lowest BCUT2D eigenvalue weighted by molar-refractivity contribution is 0.0697. The Hall–Kier alpha value is -2.17. The number of amides is 1. The van der Waals surface area contributed by atoms with Crippen molar-refractivity contribution in [2.24, 2.45) is 0 Å². The van der Waals surface area contributed by atoms with Gasteiger partial charge in [-0.15, -0.1) is 0 Å². The topological polar surface area (TPSA) is 96.8 Å². The summed E-state index contributed by atoms with van der Waals surface area (Å²) in [6.45, 7) is 6.82. The van der Waals surface area contributed by atoms with Crippen molar-refractivity contribution >= 4 is 25.8 Å². The summed E-state index contributed by atoms with van der Waals surface area (Å²) in [4.78, 5) is 15.1. The predicted octanol–water partition coefficient (Wildman–Crippen LogP) is 1.68. The first kappa shape index (κ1) is 23.0. The average molecular weight is 480 g/mol. The Morgan fingerprint density at radius 3 is 2.16 bits per heavy atom. The third-order valence-electron chi connectivity index (χ3n) is 6.39. The van der Waals surface area contributed by atoms with Gasteiger partial charge >= 0.3 is 0 Å². The number of carbonyl (C=O) groups is 1. The van der Waals surface area contributed by atoms with Crippen LogP contribution in [0.1, 0.15) is 33.7 Å². The molecular weight excluding hydrogens is 450 g/mol. The largest absolute Gasteiger partial charge is 0.336 e. The number of aromatic nitrogens is 1. The summed E-state index contributed by atoms with van der Waals surface area (Å²) in [5, 5.41) is -0.877. The van der Waals surface area contributed by atoms with Crippen molar-refractivity contribution in [3.63, 3.8) is 0 Å². The molecule has 1 aromatic heterocycles. The molecule has 0 spiro atoms. The van der Waals surface area contributed by atoms with Gasteiger partial charge in [0.2, 0.25) is 10.0 Å². The van der Waals surface area contributed by atoms with Crippen molar-refractivity contribution in [2.45, 2.75) is 32.4 Å². The Morgan fingerprint density at radius 2 is 1.59 bits per heavy atom. The molecule has 2 aromatic rings. The second-order valence-electron chi connectivity index (χ2n) is 8.73. The third-order valence-corrected chi connectivity index (χ3v) is 10.7. The summed E-state index contributed by atoms with van der Waals surface area (Å²) < 4.78 is 52.7. The van der Waals surface area contributed by atoms with Crippen LogP contribution in [0, 0.1) is 20.8 Å². The van der Waals surface area contributed by atoms with Gasteiger partial charge in [-0.1, -0.05) is 11.6 Å². The van der Waals surface area contributed by atoms with Gasteiger partial charge in [-0.2, -0.15) is 4.31 Å². The van der Waals surface area contributed by atoms with Gasteiger partial charge in [0.25, 0.3) is 5.91 Å². The average Bonchev–Trinajstić information content (AvgIpc) is 3.29. The SMILES string of the molecule is Cc1ccc(-n2c(C)ccc2C)c(C(=O)N2CCN(S(=O)(=O)C3CCS(=O)(=O)C3)CC2)c1. The van der Waals surface area contributed by atoms with Crippen molar-refractivity contribution in [2.75, 3.05) is 37.7 Å². The second-order valence-corrected chi connectivity index (χ2v) is 13.2. The summed E-state index contributed by atoms with van der Waals surface area (Å²) in [5.41, 5.74) is 4.44. The molecule has 2 aliphatic heterocycles. The molecule has 2 aliphatic rings. The Bertz CT molecular complexity index is 1240. The number of nitrogens with zero attached hydrogens (tertiary/aromatic N) is 3. The molecule has 3 heterocycles. The normalized spacial score (nSPS) is 21.7. The van der Waals surface area contributed by atoms with Crippen LogP contribution >= 0.6 is 0 Å². The first-order valence-corrected chi connectivity index (χ1v) is 14.1. The molecule has 8 nitrogen and oxygen atoms in total. The third kappa shape index (κ3) is 4.23. The van der Waals surface area contributed by atoms with Gasteiger partial charge in [0, 0.05) is 37.6 Å². The molecule has 4 rings (SSSR count). The smallest absolute Gasteiger partial charge is 0.256 e. The van der Waals surface area contributed by atoms with E-state index >= 15 is 0 Å². The number of hydrogen-bond donors (Lipinski definition) is 0. The van der Waals surface area contributed by atoms with Crippen molar-refractivity contribution in [1.82, 2.24) is 13.8 Å². The Morgan fingerprint density at radius 1 is 0.969 bits per heavy atom. The van der Waals surface area contributed by atoms with E-state index in [2.05, 4.69) is 0 Å². The lowest BCUT2D eigenvalue weighted by Crippen LogP contribution is -2.52. The van der Waals surface area contributed by atoms with Crippen LogP contribution in [0.5, 0.6) is 0 Å². The number of sulfonamides is 1. The van der Waals surface area contributed by atoms with Gasteiger partial charge in [-0.05, 0) is 51.5 Å². The fourth-order valence-electron chi connectivity index (χ4n) is 4.59. The highest BCUT2D eigenvalue weighted by atomic mass is 32.2. The molecular formula is C22H29N3O5S2. The molecule has 10 heteroatoms. The van der Waals surface area contributed by atoms with Gasteiger partial charge < -0.3 is 9.47 Å². The van der Waals surface area contributed by atoms with Crippen molar-refractivity contribution in [1.29, 1.82) is 0 Å². The maximum absolute atomic E-state index is 13.5. The number of aryl methyl sites for hydroxylation is 3. The zero-order valence-corrected chi connectivity index (χ0v) is 20.2. The molecule has 32 heavy (non-hydrogen) atoms. The molecule has 0 bridgehead atoms. The van der Waals surface area contributed by atoms with Crippen molar-refractivity contribution in [3.8, 4) is 5.69 Å². The van der Waals surface area contributed by atoms with Crippen LogP contribution in [0.4, 0.5) is 0 Å². The van der Waals surface area contributed by atoms with E-state index in [4.69, 9.17) is 0 Å². The summed E-state index contributed by atoms with van der Waals surface area (Å²) >= 11 is 0. The molecule has 174 valence electrons. The van der Waals surface area contributed by atoms with E-state index in [9.17, 15) is 21.6 Å². The van der Waals surface area contributed by atoms with Crippen LogP contribution in [0.2, 0.25) is 0 Å². The summed E-state index contributed by atoms with van der Waals surface area (Å²) in [6, 6.07) is 9.82. The summed E-state index contributed by atoms with van der Waals surface area (Å²) in [7, 11) is -6.98. The fraction of sp³-hybridized carbons (Fsp3) is 0.500. The van der Waals surface area contributed by atoms with Gasteiger partial charge in [-0.25, -0.2) is 16.8 Å². The molecule has 1 atom stereocenters. The zero-order valence-electron chi connectivity index (χ0n) is 18.6. The van der Waals surface area contributed by atoms with Gasteiger partial charge in [-0.3, -0.25) is 4.79 Å². The van der Waals surface area contributed by atoms with Gasteiger partial charge in [0.15, 0.2) is 9.84 Å². The van der Waals surface area contributed by atoms with Crippen LogP contribution < -0.4 is 0 Å². The first-order valence-electron chi connectivity index (χ1n) is 10.7. The molecule has 1 unspecified atom stereocenters. The number of piperazine rings is 1. The molecule has 1 amide bonds. The highest BCUT2D eigenvalue weighted by molar-refractivity contribution is 7.95. The number of benzene rings is 1. The molecule has 2 saturated heterocycles. The Balaban J connectivity index is 1.53. The molecule has 0 radical (unpaired) electrons. The lowest BCUT2D eigenvalue weighted by Gasteiger charge is -2.35. The van der Waals surface area contributed by atoms with E-state index in [1.165, 1.54) is 4.31 Å². The standard InChI is InChI=1S/C22H29N3O5S2/c1-16-4-7-21(25-17(2)5-6-18(25)3)20(14-16)22(26)23-9-11-24(12-10-23)32(29,30)19-8-13-31(27,28)15-19/h4-7,14,19H,8-13,15H2,1-3H3. The van der Waals surface area contributed by atoms with E-state index in [1.54, 1.807) is 4.90 Å². The first-order chi connectivity index (χ1) is 15.0. The molecule has 1 aromatic carbocycles. The van der Waals surface area contributed by atoms with Crippen LogP contribution in [0.3, 0.4) is 0 Å².